The molecule has 2 aromatic rings. The molecule has 0 spiro atoms. The van der Waals surface area contributed by atoms with E-state index in [1.54, 1.807) is 12.4 Å². The summed E-state index contributed by atoms with van der Waals surface area (Å²) in [5, 5.41) is 0. The van der Waals surface area contributed by atoms with Crippen LogP contribution in [0.5, 0.6) is 0 Å². The van der Waals surface area contributed by atoms with Gasteiger partial charge in [-0.2, -0.15) is 0 Å². The number of anilines is 1. The van der Waals surface area contributed by atoms with E-state index in [2.05, 4.69) is 40.7 Å². The number of aromatic nitrogens is 3. The van der Waals surface area contributed by atoms with Crippen LogP contribution in [0.2, 0.25) is 0 Å². The van der Waals surface area contributed by atoms with Crippen LogP contribution in [0.15, 0.2) is 30.6 Å². The lowest BCUT2D eigenvalue weighted by molar-refractivity contribution is 0.634. The minimum absolute atomic E-state index is 0.599. The lowest BCUT2D eigenvalue weighted by atomic mass is 10.2. The van der Waals surface area contributed by atoms with E-state index in [9.17, 15) is 0 Å². The van der Waals surface area contributed by atoms with Gasteiger partial charge in [0.05, 0.1) is 0 Å². The highest BCUT2D eigenvalue weighted by Crippen LogP contribution is 2.19. The minimum Gasteiger partial charge on any atom is -0.359 e. The van der Waals surface area contributed by atoms with E-state index in [0.717, 1.165) is 29.4 Å². The van der Waals surface area contributed by atoms with E-state index in [4.69, 9.17) is 0 Å². The number of rotatable bonds is 4. The highest BCUT2D eigenvalue weighted by molar-refractivity contribution is 5.56. The summed E-state index contributed by atoms with van der Waals surface area (Å²) >= 11 is 0. The first kappa shape index (κ1) is 13.5. The molecule has 4 nitrogen and oxygen atoms in total. The maximum Gasteiger partial charge on any atom is 0.163 e. The molecule has 2 rings (SSSR count). The first-order valence-electron chi connectivity index (χ1n) is 6.53. The van der Waals surface area contributed by atoms with Gasteiger partial charge in [0.2, 0.25) is 0 Å². The van der Waals surface area contributed by atoms with Crippen molar-refractivity contribution in [3.8, 4) is 11.4 Å². The third-order valence-corrected chi connectivity index (χ3v) is 2.79. The van der Waals surface area contributed by atoms with Crippen LogP contribution in [0.4, 0.5) is 5.82 Å². The van der Waals surface area contributed by atoms with Crippen molar-refractivity contribution in [3.05, 3.63) is 36.3 Å². The fourth-order valence-electron chi connectivity index (χ4n) is 2.01. The Morgan fingerprint density at radius 2 is 2.05 bits per heavy atom. The van der Waals surface area contributed by atoms with Gasteiger partial charge in [-0.15, -0.1) is 0 Å². The smallest absolute Gasteiger partial charge is 0.163 e. The van der Waals surface area contributed by atoms with Gasteiger partial charge in [0.25, 0.3) is 0 Å². The molecule has 0 aliphatic rings. The third kappa shape index (κ3) is 3.50. The Hall–Kier alpha value is -1.97. The molecule has 2 heterocycles. The number of hydrogen-bond acceptors (Lipinski definition) is 4. The first-order chi connectivity index (χ1) is 9.06. The average Bonchev–Trinajstić information content (AvgIpc) is 2.38. The van der Waals surface area contributed by atoms with Crippen LogP contribution in [0.3, 0.4) is 0 Å². The molecule has 0 N–H and O–H groups in total. The normalized spacial score (nSPS) is 10.8. The standard InChI is InChI=1S/C15H20N4/c1-11(2)10-19(4)14-8-12(3)17-15(18-14)13-6-5-7-16-9-13/h5-9,11H,10H2,1-4H3. The van der Waals surface area contributed by atoms with Gasteiger partial charge in [0.1, 0.15) is 5.82 Å². The Labute approximate surface area is 114 Å². The second kappa shape index (κ2) is 5.78. The maximum absolute atomic E-state index is 4.63. The number of aryl methyl sites for hydroxylation is 1. The second-order valence-corrected chi connectivity index (χ2v) is 5.21. The molecule has 0 aromatic carbocycles. The van der Waals surface area contributed by atoms with Crippen molar-refractivity contribution in [2.45, 2.75) is 20.8 Å². The van der Waals surface area contributed by atoms with Crippen LogP contribution in [-0.4, -0.2) is 28.5 Å². The summed E-state index contributed by atoms with van der Waals surface area (Å²) < 4.78 is 0. The Bertz CT molecular complexity index is 537. The Kier molecular flexibility index (Phi) is 4.10. The third-order valence-electron chi connectivity index (χ3n) is 2.79. The highest BCUT2D eigenvalue weighted by Gasteiger charge is 2.09. The molecular weight excluding hydrogens is 236 g/mol. The Morgan fingerprint density at radius 3 is 2.68 bits per heavy atom. The van der Waals surface area contributed by atoms with Crippen LogP contribution in [0, 0.1) is 12.8 Å². The number of nitrogens with zero attached hydrogens (tertiary/aromatic N) is 4. The van der Waals surface area contributed by atoms with E-state index >= 15 is 0 Å². The largest absolute Gasteiger partial charge is 0.359 e. The van der Waals surface area contributed by atoms with Crippen molar-refractivity contribution in [2.75, 3.05) is 18.5 Å². The van der Waals surface area contributed by atoms with Gasteiger partial charge >= 0.3 is 0 Å². The predicted octanol–water partition coefficient (Wildman–Crippen LogP) is 2.94. The van der Waals surface area contributed by atoms with E-state index in [1.807, 2.05) is 25.1 Å². The summed E-state index contributed by atoms with van der Waals surface area (Å²) in [6.45, 7) is 7.37. The quantitative estimate of drug-likeness (QED) is 0.843. The molecule has 0 aliphatic heterocycles. The van der Waals surface area contributed by atoms with Gasteiger partial charge in [-0.1, -0.05) is 13.8 Å². The molecule has 0 amide bonds. The van der Waals surface area contributed by atoms with Crippen molar-refractivity contribution >= 4 is 5.82 Å². The van der Waals surface area contributed by atoms with Crippen molar-refractivity contribution in [3.63, 3.8) is 0 Å². The summed E-state index contributed by atoms with van der Waals surface area (Å²) in [5.41, 5.74) is 1.92. The van der Waals surface area contributed by atoms with Crippen LogP contribution in [-0.2, 0) is 0 Å². The zero-order valence-corrected chi connectivity index (χ0v) is 12.0. The van der Waals surface area contributed by atoms with E-state index in [-0.39, 0.29) is 0 Å². The molecule has 100 valence electrons. The summed E-state index contributed by atoms with van der Waals surface area (Å²) in [6.07, 6.45) is 3.55. The summed E-state index contributed by atoms with van der Waals surface area (Å²) in [6, 6.07) is 5.90. The molecule has 0 saturated carbocycles. The molecule has 0 radical (unpaired) electrons. The van der Waals surface area contributed by atoms with Gasteiger partial charge in [-0.25, -0.2) is 9.97 Å². The van der Waals surface area contributed by atoms with Gasteiger partial charge < -0.3 is 4.90 Å². The second-order valence-electron chi connectivity index (χ2n) is 5.21. The van der Waals surface area contributed by atoms with Crippen molar-refractivity contribution < 1.29 is 0 Å². The van der Waals surface area contributed by atoms with Crippen LogP contribution in [0.1, 0.15) is 19.5 Å². The maximum atomic E-state index is 4.63. The van der Waals surface area contributed by atoms with E-state index in [0.29, 0.717) is 5.92 Å². The van der Waals surface area contributed by atoms with Crippen molar-refractivity contribution in [1.29, 1.82) is 0 Å². The average molecular weight is 256 g/mol. The predicted molar refractivity (Wildman–Crippen MR) is 78.1 cm³/mol. The lowest BCUT2D eigenvalue weighted by Gasteiger charge is -2.21. The zero-order chi connectivity index (χ0) is 13.8. The summed E-state index contributed by atoms with van der Waals surface area (Å²) in [4.78, 5) is 15.4. The SMILES string of the molecule is Cc1cc(N(C)CC(C)C)nc(-c2cccnc2)n1. The highest BCUT2D eigenvalue weighted by atomic mass is 15.2. The minimum atomic E-state index is 0.599. The van der Waals surface area contributed by atoms with Crippen LogP contribution < -0.4 is 4.90 Å². The lowest BCUT2D eigenvalue weighted by Crippen LogP contribution is -2.23. The topological polar surface area (TPSA) is 41.9 Å². The molecule has 0 unspecified atom stereocenters. The Morgan fingerprint density at radius 1 is 1.26 bits per heavy atom. The summed E-state index contributed by atoms with van der Waals surface area (Å²) in [7, 11) is 2.06. The van der Waals surface area contributed by atoms with Crippen LogP contribution >= 0.6 is 0 Å². The molecule has 0 atom stereocenters. The molecular formula is C15H20N4. The number of hydrogen-bond donors (Lipinski definition) is 0. The van der Waals surface area contributed by atoms with Crippen molar-refractivity contribution in [1.82, 2.24) is 15.0 Å². The monoisotopic (exact) mass is 256 g/mol. The summed E-state index contributed by atoms with van der Waals surface area (Å²) in [5.74, 6) is 2.29. The fraction of sp³-hybridized carbons (Fsp3) is 0.400. The van der Waals surface area contributed by atoms with Crippen LogP contribution in [0.25, 0.3) is 11.4 Å². The molecule has 0 bridgehead atoms. The molecule has 2 aromatic heterocycles. The van der Waals surface area contributed by atoms with E-state index in [1.165, 1.54) is 0 Å². The Balaban J connectivity index is 2.35. The van der Waals surface area contributed by atoms with Gasteiger partial charge in [-0.3, -0.25) is 4.98 Å². The zero-order valence-electron chi connectivity index (χ0n) is 12.0. The molecule has 0 fully saturated rings. The molecule has 19 heavy (non-hydrogen) atoms. The van der Waals surface area contributed by atoms with Gasteiger partial charge in [0.15, 0.2) is 5.82 Å². The molecule has 0 aliphatic carbocycles. The van der Waals surface area contributed by atoms with Crippen molar-refractivity contribution in [2.24, 2.45) is 5.92 Å². The fourth-order valence-corrected chi connectivity index (χ4v) is 2.01. The van der Waals surface area contributed by atoms with E-state index < -0.39 is 0 Å². The number of pyridine rings is 1. The van der Waals surface area contributed by atoms with Gasteiger partial charge in [-0.05, 0) is 25.0 Å². The van der Waals surface area contributed by atoms with Gasteiger partial charge in [0, 0.05) is 43.3 Å². The first-order valence-corrected chi connectivity index (χ1v) is 6.53. The molecule has 4 heteroatoms. The molecule has 0 saturated heterocycles.